The Hall–Kier alpha value is -2.29. The van der Waals surface area contributed by atoms with E-state index in [1.54, 1.807) is 16.6 Å². The van der Waals surface area contributed by atoms with Crippen molar-refractivity contribution in [3.63, 3.8) is 0 Å². The molecule has 4 rings (SSSR count). The molecule has 3 heterocycles. The van der Waals surface area contributed by atoms with Crippen LogP contribution in [0.4, 0.5) is 0 Å². The lowest BCUT2D eigenvalue weighted by molar-refractivity contribution is 0.181. The van der Waals surface area contributed by atoms with Gasteiger partial charge in [-0.05, 0) is 23.8 Å². The normalized spacial score (nSPS) is 16.9. The van der Waals surface area contributed by atoms with Crippen LogP contribution in [-0.4, -0.2) is 53.9 Å². The maximum absolute atomic E-state index is 12.8. The summed E-state index contributed by atoms with van der Waals surface area (Å²) in [4.78, 5) is 6.37. The predicted octanol–water partition coefficient (Wildman–Crippen LogP) is 1.87. The van der Waals surface area contributed by atoms with Gasteiger partial charge in [0.1, 0.15) is 11.4 Å². The van der Waals surface area contributed by atoms with Gasteiger partial charge < -0.3 is 4.52 Å². The van der Waals surface area contributed by atoms with E-state index in [2.05, 4.69) is 15.0 Å². The van der Waals surface area contributed by atoms with Gasteiger partial charge in [0, 0.05) is 50.5 Å². The number of rotatable bonds is 5. The van der Waals surface area contributed by atoms with E-state index in [0.717, 1.165) is 17.5 Å². The molecule has 1 aliphatic rings. The molecule has 1 saturated heterocycles. The molecule has 0 spiro atoms. The molecule has 0 amide bonds. The number of hydrogen-bond donors (Lipinski definition) is 0. The summed E-state index contributed by atoms with van der Waals surface area (Å²) in [6.07, 6.45) is 3.60. The molecule has 2 aromatic heterocycles. The van der Waals surface area contributed by atoms with Crippen molar-refractivity contribution in [1.82, 2.24) is 19.3 Å². The van der Waals surface area contributed by atoms with Crippen molar-refractivity contribution in [3.05, 3.63) is 60.0 Å². The number of fused-ring (bicyclic) bond motifs is 1. The van der Waals surface area contributed by atoms with Crippen LogP contribution in [0.1, 0.15) is 11.3 Å². The standard InChI is InChI=1S/C18H20N4O3S/c23-26(24,14-17-16-5-1-2-6-18(16)25-20-17)22-10-8-21(9-11-22)13-15-4-3-7-19-12-15/h1-7,12H,8-11,13-14H2. The van der Waals surface area contributed by atoms with Gasteiger partial charge in [0.2, 0.25) is 10.0 Å². The third kappa shape index (κ3) is 3.62. The second kappa shape index (κ2) is 7.14. The molecule has 0 aliphatic carbocycles. The van der Waals surface area contributed by atoms with E-state index in [9.17, 15) is 8.42 Å². The Morgan fingerprint density at radius 2 is 1.85 bits per heavy atom. The fourth-order valence-electron chi connectivity index (χ4n) is 3.22. The average molecular weight is 372 g/mol. The summed E-state index contributed by atoms with van der Waals surface area (Å²) in [5.74, 6) is -0.132. The highest BCUT2D eigenvalue weighted by Gasteiger charge is 2.28. The first-order valence-electron chi connectivity index (χ1n) is 8.54. The predicted molar refractivity (Wildman–Crippen MR) is 97.7 cm³/mol. The maximum atomic E-state index is 12.8. The van der Waals surface area contributed by atoms with Gasteiger partial charge in [-0.15, -0.1) is 0 Å². The van der Waals surface area contributed by atoms with Crippen molar-refractivity contribution in [2.45, 2.75) is 12.3 Å². The SMILES string of the molecule is O=S(=O)(Cc1noc2ccccc12)N1CCN(Cc2cccnc2)CC1. The number of sulfonamides is 1. The maximum Gasteiger partial charge on any atom is 0.220 e. The van der Waals surface area contributed by atoms with Gasteiger partial charge >= 0.3 is 0 Å². The molecule has 3 aromatic rings. The molecule has 0 unspecified atom stereocenters. The highest BCUT2D eigenvalue weighted by atomic mass is 32.2. The van der Waals surface area contributed by atoms with Crippen LogP contribution in [0.5, 0.6) is 0 Å². The molecule has 0 bridgehead atoms. The fraction of sp³-hybridized carbons (Fsp3) is 0.333. The van der Waals surface area contributed by atoms with Gasteiger partial charge in [-0.25, -0.2) is 8.42 Å². The van der Waals surface area contributed by atoms with Crippen molar-refractivity contribution in [2.75, 3.05) is 26.2 Å². The molecule has 1 aliphatic heterocycles. The first-order chi connectivity index (χ1) is 12.6. The highest BCUT2D eigenvalue weighted by Crippen LogP contribution is 2.21. The molecule has 0 atom stereocenters. The van der Waals surface area contributed by atoms with Crippen LogP contribution in [0.25, 0.3) is 11.0 Å². The molecular formula is C18H20N4O3S. The molecular weight excluding hydrogens is 352 g/mol. The quantitative estimate of drug-likeness (QED) is 0.680. The van der Waals surface area contributed by atoms with Crippen LogP contribution in [0.2, 0.25) is 0 Å². The molecule has 7 nitrogen and oxygen atoms in total. The Labute approximate surface area is 152 Å². The number of para-hydroxylation sites is 1. The summed E-state index contributed by atoms with van der Waals surface area (Å²) in [7, 11) is -3.42. The minimum Gasteiger partial charge on any atom is -0.356 e. The summed E-state index contributed by atoms with van der Waals surface area (Å²) >= 11 is 0. The minimum absolute atomic E-state index is 0.132. The first kappa shape index (κ1) is 17.1. The molecule has 0 N–H and O–H groups in total. The number of aromatic nitrogens is 2. The van der Waals surface area contributed by atoms with Gasteiger partial charge in [-0.1, -0.05) is 23.4 Å². The first-order valence-corrected chi connectivity index (χ1v) is 10.2. The summed E-state index contributed by atoms with van der Waals surface area (Å²) in [6, 6.07) is 11.3. The smallest absolute Gasteiger partial charge is 0.220 e. The summed E-state index contributed by atoms with van der Waals surface area (Å²) in [5, 5.41) is 4.70. The van der Waals surface area contributed by atoms with Crippen molar-refractivity contribution in [3.8, 4) is 0 Å². The molecule has 1 aromatic carbocycles. The third-order valence-electron chi connectivity index (χ3n) is 4.62. The van der Waals surface area contributed by atoms with E-state index in [4.69, 9.17) is 4.52 Å². The summed E-state index contributed by atoms with van der Waals surface area (Å²) in [6.45, 7) is 3.16. The fourth-order valence-corrected chi connectivity index (χ4v) is 4.68. The van der Waals surface area contributed by atoms with Gasteiger partial charge in [0.05, 0.1) is 0 Å². The van der Waals surface area contributed by atoms with Crippen molar-refractivity contribution < 1.29 is 12.9 Å². The van der Waals surface area contributed by atoms with E-state index >= 15 is 0 Å². The molecule has 8 heteroatoms. The van der Waals surface area contributed by atoms with E-state index < -0.39 is 10.0 Å². The second-order valence-corrected chi connectivity index (χ2v) is 8.39. The Balaban J connectivity index is 1.40. The zero-order valence-corrected chi connectivity index (χ0v) is 15.1. The second-order valence-electron chi connectivity index (χ2n) is 6.42. The van der Waals surface area contributed by atoms with Crippen molar-refractivity contribution in [1.29, 1.82) is 0 Å². The van der Waals surface area contributed by atoms with Crippen LogP contribution < -0.4 is 0 Å². The van der Waals surface area contributed by atoms with Gasteiger partial charge in [0.15, 0.2) is 5.58 Å². The third-order valence-corrected chi connectivity index (χ3v) is 6.42. The topological polar surface area (TPSA) is 79.5 Å². The highest BCUT2D eigenvalue weighted by molar-refractivity contribution is 7.88. The van der Waals surface area contributed by atoms with E-state index in [-0.39, 0.29) is 5.75 Å². The Bertz CT molecular complexity index is 980. The number of benzene rings is 1. The molecule has 26 heavy (non-hydrogen) atoms. The number of piperazine rings is 1. The van der Waals surface area contributed by atoms with E-state index in [1.165, 1.54) is 0 Å². The van der Waals surface area contributed by atoms with Crippen molar-refractivity contribution >= 4 is 21.0 Å². The van der Waals surface area contributed by atoms with E-state index in [1.807, 2.05) is 36.5 Å². The molecule has 1 fully saturated rings. The lowest BCUT2D eigenvalue weighted by Crippen LogP contribution is -2.48. The number of pyridine rings is 1. The minimum atomic E-state index is -3.42. The Morgan fingerprint density at radius 3 is 2.62 bits per heavy atom. The van der Waals surface area contributed by atoms with Crippen LogP contribution in [0, 0.1) is 0 Å². The zero-order valence-electron chi connectivity index (χ0n) is 14.3. The lowest BCUT2D eigenvalue weighted by atomic mass is 10.2. The van der Waals surface area contributed by atoms with Crippen LogP contribution in [0.15, 0.2) is 53.3 Å². The molecule has 136 valence electrons. The average Bonchev–Trinajstić information content (AvgIpc) is 3.06. The largest absolute Gasteiger partial charge is 0.356 e. The van der Waals surface area contributed by atoms with Crippen LogP contribution >= 0.6 is 0 Å². The zero-order chi connectivity index (χ0) is 18.0. The van der Waals surface area contributed by atoms with Crippen molar-refractivity contribution in [2.24, 2.45) is 0 Å². The monoisotopic (exact) mass is 372 g/mol. The van der Waals surface area contributed by atoms with E-state index in [0.29, 0.717) is 37.5 Å². The number of hydrogen-bond acceptors (Lipinski definition) is 6. The van der Waals surface area contributed by atoms with Gasteiger partial charge in [-0.2, -0.15) is 4.31 Å². The Morgan fingerprint density at radius 1 is 1.04 bits per heavy atom. The lowest BCUT2D eigenvalue weighted by Gasteiger charge is -2.33. The van der Waals surface area contributed by atoms with Gasteiger partial charge in [0.25, 0.3) is 0 Å². The number of nitrogens with zero attached hydrogens (tertiary/aromatic N) is 4. The van der Waals surface area contributed by atoms with Crippen LogP contribution in [0.3, 0.4) is 0 Å². The summed E-state index contributed by atoms with van der Waals surface area (Å²) < 4.78 is 32.3. The van der Waals surface area contributed by atoms with Gasteiger partial charge in [-0.3, -0.25) is 9.88 Å². The Kier molecular flexibility index (Phi) is 4.71. The molecule has 0 saturated carbocycles. The van der Waals surface area contributed by atoms with Crippen LogP contribution in [-0.2, 0) is 22.3 Å². The molecule has 0 radical (unpaired) electrons. The summed E-state index contributed by atoms with van der Waals surface area (Å²) in [5.41, 5.74) is 2.22.